The first-order valence-electron chi connectivity index (χ1n) is 8.15. The molecule has 27 heavy (non-hydrogen) atoms. The van der Waals surface area contributed by atoms with Crippen LogP contribution in [0.3, 0.4) is 0 Å². The Morgan fingerprint density at radius 3 is 2.59 bits per heavy atom. The molecule has 0 saturated heterocycles. The van der Waals surface area contributed by atoms with E-state index in [9.17, 15) is 4.79 Å². The van der Waals surface area contributed by atoms with Gasteiger partial charge in [-0.05, 0) is 37.3 Å². The number of ether oxygens (including phenoxy) is 2. The minimum atomic E-state index is -0.491. The molecule has 0 aliphatic heterocycles. The predicted octanol–water partition coefficient (Wildman–Crippen LogP) is 3.90. The zero-order valence-corrected chi connectivity index (χ0v) is 15.8. The van der Waals surface area contributed by atoms with Crippen molar-refractivity contribution in [3.63, 3.8) is 0 Å². The number of benzene rings is 2. The van der Waals surface area contributed by atoms with Crippen LogP contribution in [0.15, 0.2) is 47.0 Å². The van der Waals surface area contributed by atoms with Gasteiger partial charge in [-0.25, -0.2) is 0 Å². The molecule has 0 aliphatic carbocycles. The molecule has 3 rings (SSSR count). The average molecular weight is 388 g/mol. The summed E-state index contributed by atoms with van der Waals surface area (Å²) in [7, 11) is 3.11. The third kappa shape index (κ3) is 4.03. The number of nitrogens with zero attached hydrogens (tertiary/aromatic N) is 2. The summed E-state index contributed by atoms with van der Waals surface area (Å²) in [5, 5.41) is 7.14. The van der Waals surface area contributed by atoms with Crippen molar-refractivity contribution in [1.82, 2.24) is 15.5 Å². The van der Waals surface area contributed by atoms with E-state index < -0.39 is 6.04 Å². The van der Waals surface area contributed by atoms with Crippen LogP contribution in [0, 0.1) is 0 Å². The maximum absolute atomic E-state index is 12.4. The van der Waals surface area contributed by atoms with E-state index in [0.717, 1.165) is 0 Å². The monoisotopic (exact) mass is 387 g/mol. The van der Waals surface area contributed by atoms with Crippen molar-refractivity contribution < 1.29 is 18.8 Å². The van der Waals surface area contributed by atoms with Gasteiger partial charge in [0.2, 0.25) is 11.7 Å². The van der Waals surface area contributed by atoms with E-state index >= 15 is 0 Å². The van der Waals surface area contributed by atoms with Crippen LogP contribution in [0.5, 0.6) is 11.5 Å². The molecule has 7 nitrogen and oxygen atoms in total. The van der Waals surface area contributed by atoms with E-state index in [1.807, 2.05) is 0 Å². The van der Waals surface area contributed by atoms with Crippen LogP contribution in [0.1, 0.15) is 29.2 Å². The second-order valence-corrected chi connectivity index (χ2v) is 6.11. The van der Waals surface area contributed by atoms with Crippen molar-refractivity contribution in [2.45, 2.75) is 13.0 Å². The molecule has 1 atom stereocenters. The Balaban J connectivity index is 1.77. The van der Waals surface area contributed by atoms with Crippen LogP contribution < -0.4 is 14.8 Å². The van der Waals surface area contributed by atoms with E-state index in [2.05, 4.69) is 15.5 Å². The maximum Gasteiger partial charge on any atom is 0.253 e. The first-order valence-corrected chi connectivity index (χ1v) is 8.52. The Morgan fingerprint density at radius 1 is 1.15 bits per heavy atom. The number of aromatic nitrogens is 2. The number of hydrogen-bond acceptors (Lipinski definition) is 6. The molecule has 1 heterocycles. The fourth-order valence-electron chi connectivity index (χ4n) is 2.49. The summed E-state index contributed by atoms with van der Waals surface area (Å²) >= 11 is 6.05. The lowest BCUT2D eigenvalue weighted by Crippen LogP contribution is -2.27. The molecule has 0 fully saturated rings. The highest BCUT2D eigenvalue weighted by Crippen LogP contribution is 2.31. The molecule has 1 N–H and O–H groups in total. The Morgan fingerprint density at radius 2 is 1.89 bits per heavy atom. The highest BCUT2D eigenvalue weighted by Gasteiger charge is 2.20. The number of methoxy groups -OCH3 is 2. The van der Waals surface area contributed by atoms with Crippen LogP contribution in [-0.2, 0) is 0 Å². The quantitative estimate of drug-likeness (QED) is 0.690. The Bertz CT molecular complexity index is 958. The van der Waals surface area contributed by atoms with Gasteiger partial charge in [0.15, 0.2) is 11.5 Å². The largest absolute Gasteiger partial charge is 0.493 e. The number of rotatable bonds is 6. The molecule has 140 valence electrons. The molecular weight excluding hydrogens is 370 g/mol. The normalized spacial score (nSPS) is 11.7. The van der Waals surface area contributed by atoms with Crippen molar-refractivity contribution in [1.29, 1.82) is 0 Å². The molecular formula is C19H18ClN3O4. The van der Waals surface area contributed by atoms with Crippen LogP contribution in [0.25, 0.3) is 11.4 Å². The van der Waals surface area contributed by atoms with Crippen LogP contribution >= 0.6 is 11.6 Å². The molecule has 0 radical (unpaired) electrons. The SMILES string of the molecule is COc1ccc(-c2noc([C@H](C)NC(=O)c3ccccc3Cl)n2)cc1OC. The Hall–Kier alpha value is -3.06. The van der Waals surface area contributed by atoms with E-state index in [-0.39, 0.29) is 11.8 Å². The van der Waals surface area contributed by atoms with Crippen LogP contribution in [0.2, 0.25) is 5.02 Å². The number of halogens is 1. The minimum Gasteiger partial charge on any atom is -0.493 e. The van der Waals surface area contributed by atoms with E-state index in [4.69, 9.17) is 25.6 Å². The van der Waals surface area contributed by atoms with E-state index in [1.165, 1.54) is 0 Å². The molecule has 1 aromatic heterocycles. The topological polar surface area (TPSA) is 86.5 Å². The molecule has 0 saturated carbocycles. The van der Waals surface area contributed by atoms with Gasteiger partial charge in [0, 0.05) is 5.56 Å². The lowest BCUT2D eigenvalue weighted by Gasteiger charge is -2.10. The molecule has 0 unspecified atom stereocenters. The number of nitrogens with one attached hydrogen (secondary N) is 1. The molecule has 1 amide bonds. The second kappa shape index (κ2) is 8.09. The van der Waals surface area contributed by atoms with E-state index in [1.54, 1.807) is 63.6 Å². The van der Waals surface area contributed by atoms with Gasteiger partial charge in [-0.2, -0.15) is 4.98 Å². The third-order valence-electron chi connectivity index (χ3n) is 3.92. The molecule has 8 heteroatoms. The highest BCUT2D eigenvalue weighted by molar-refractivity contribution is 6.33. The van der Waals surface area contributed by atoms with Gasteiger partial charge < -0.3 is 19.3 Å². The molecule has 3 aromatic rings. The Labute approximate surface area is 161 Å². The first-order chi connectivity index (χ1) is 13.0. The minimum absolute atomic E-state index is 0.278. The van der Waals surface area contributed by atoms with Crippen LogP contribution in [0.4, 0.5) is 0 Å². The number of carbonyl (C=O) groups excluding carboxylic acids is 1. The van der Waals surface area contributed by atoms with Crippen molar-refractivity contribution in [3.8, 4) is 22.9 Å². The zero-order chi connectivity index (χ0) is 19.4. The first kappa shape index (κ1) is 18.7. The lowest BCUT2D eigenvalue weighted by atomic mass is 10.2. The summed E-state index contributed by atoms with van der Waals surface area (Å²) in [6, 6.07) is 11.6. The van der Waals surface area contributed by atoms with Gasteiger partial charge in [0.25, 0.3) is 5.91 Å². The summed E-state index contributed by atoms with van der Waals surface area (Å²) < 4.78 is 15.8. The smallest absolute Gasteiger partial charge is 0.253 e. The van der Waals surface area contributed by atoms with E-state index in [0.29, 0.717) is 33.5 Å². The number of amides is 1. The lowest BCUT2D eigenvalue weighted by molar-refractivity contribution is 0.0932. The van der Waals surface area contributed by atoms with Gasteiger partial charge in [-0.3, -0.25) is 4.79 Å². The molecule has 0 spiro atoms. The van der Waals surface area contributed by atoms with Gasteiger partial charge in [-0.15, -0.1) is 0 Å². The molecule has 0 bridgehead atoms. The van der Waals surface area contributed by atoms with Crippen molar-refractivity contribution in [3.05, 3.63) is 58.9 Å². The summed E-state index contributed by atoms with van der Waals surface area (Å²) in [6.07, 6.45) is 0. The van der Waals surface area contributed by atoms with Crippen molar-refractivity contribution in [2.75, 3.05) is 14.2 Å². The fraction of sp³-hybridized carbons (Fsp3) is 0.211. The second-order valence-electron chi connectivity index (χ2n) is 5.70. The van der Waals surface area contributed by atoms with Gasteiger partial charge >= 0.3 is 0 Å². The highest BCUT2D eigenvalue weighted by atomic mass is 35.5. The summed E-state index contributed by atoms with van der Waals surface area (Å²) in [6.45, 7) is 1.75. The van der Waals surface area contributed by atoms with Crippen molar-refractivity contribution >= 4 is 17.5 Å². The average Bonchev–Trinajstić information content (AvgIpc) is 3.18. The maximum atomic E-state index is 12.4. The van der Waals surface area contributed by atoms with Gasteiger partial charge in [0.1, 0.15) is 6.04 Å². The summed E-state index contributed by atoms with van der Waals surface area (Å²) in [5.41, 5.74) is 1.08. The Kier molecular flexibility index (Phi) is 5.61. The third-order valence-corrected chi connectivity index (χ3v) is 4.25. The van der Waals surface area contributed by atoms with Gasteiger partial charge in [0.05, 0.1) is 24.8 Å². The fourth-order valence-corrected chi connectivity index (χ4v) is 2.71. The number of carbonyl (C=O) groups is 1. The predicted molar refractivity (Wildman–Crippen MR) is 100 cm³/mol. The number of hydrogen-bond donors (Lipinski definition) is 1. The van der Waals surface area contributed by atoms with Crippen molar-refractivity contribution in [2.24, 2.45) is 0 Å². The molecule has 0 aliphatic rings. The molecule has 2 aromatic carbocycles. The standard InChI is InChI=1S/C19H18ClN3O4/c1-11(21-18(24)13-6-4-5-7-14(13)20)19-22-17(23-27-19)12-8-9-15(25-2)16(10-12)26-3/h4-11H,1-3H3,(H,21,24)/t11-/m0/s1. The van der Waals surface area contributed by atoms with Crippen LogP contribution in [-0.4, -0.2) is 30.3 Å². The summed E-state index contributed by atoms with van der Waals surface area (Å²) in [4.78, 5) is 16.7. The van der Waals surface area contributed by atoms with Gasteiger partial charge in [-0.1, -0.05) is 28.9 Å². The zero-order valence-electron chi connectivity index (χ0n) is 15.0. The summed E-state index contributed by atoms with van der Waals surface area (Å²) in [5.74, 6) is 1.50.